The van der Waals surface area contributed by atoms with Crippen LogP contribution in [-0.2, 0) is 0 Å². The lowest BCUT2D eigenvalue weighted by atomic mass is 10.4. The summed E-state index contributed by atoms with van der Waals surface area (Å²) in [4.78, 5) is 15.0. The first-order valence-electron chi connectivity index (χ1n) is 3.96. The molecule has 0 fully saturated rings. The third-order valence-electron chi connectivity index (χ3n) is 1.43. The number of hydrogen-bond donors (Lipinski definition) is 4. The fourth-order valence-corrected chi connectivity index (χ4v) is 0.774. The summed E-state index contributed by atoms with van der Waals surface area (Å²) in [6, 6.07) is 2.85. The summed E-state index contributed by atoms with van der Waals surface area (Å²) < 4.78 is 0. The van der Waals surface area contributed by atoms with E-state index in [1.807, 2.05) is 0 Å². The molecule has 4 N–H and O–H groups in total. The smallest absolute Gasteiger partial charge is 0.325 e. The van der Waals surface area contributed by atoms with E-state index in [-0.39, 0.29) is 5.96 Å². The van der Waals surface area contributed by atoms with E-state index in [2.05, 4.69) is 20.9 Å². The average Bonchev–Trinajstić information content (AvgIpc) is 2.19. The van der Waals surface area contributed by atoms with Crippen LogP contribution in [0.3, 0.4) is 0 Å². The van der Waals surface area contributed by atoms with E-state index < -0.39 is 6.03 Å². The first kappa shape index (κ1) is 9.97. The van der Waals surface area contributed by atoms with Gasteiger partial charge in [-0.15, -0.1) is 0 Å². The maximum Gasteiger partial charge on any atom is 0.325 e. The Labute approximate surface area is 81.2 Å². The molecule has 0 aliphatic carbocycles. The molecule has 0 radical (unpaired) electrons. The highest BCUT2D eigenvalue weighted by atomic mass is 16.2. The van der Waals surface area contributed by atoms with Gasteiger partial charge in [0.25, 0.3) is 0 Å². The number of urea groups is 1. The molecule has 0 spiro atoms. The molecular weight excluding hydrogens is 182 g/mol. The Balaban J connectivity index is 2.46. The predicted octanol–water partition coefficient (Wildman–Crippen LogP) is 0.357. The van der Waals surface area contributed by atoms with E-state index in [1.165, 1.54) is 0 Å². The third kappa shape index (κ3) is 3.10. The van der Waals surface area contributed by atoms with Gasteiger partial charge in [-0.25, -0.2) is 4.79 Å². The Bertz CT molecular complexity index is 324. The van der Waals surface area contributed by atoms with E-state index in [1.54, 1.807) is 31.6 Å². The van der Waals surface area contributed by atoms with Crippen molar-refractivity contribution in [3.8, 4) is 0 Å². The van der Waals surface area contributed by atoms with Gasteiger partial charge in [0.05, 0.1) is 0 Å². The van der Waals surface area contributed by atoms with Gasteiger partial charge >= 0.3 is 6.03 Å². The lowest BCUT2D eigenvalue weighted by molar-refractivity contribution is 0.256. The highest BCUT2D eigenvalue weighted by molar-refractivity contribution is 6.01. The molecule has 0 saturated carbocycles. The van der Waals surface area contributed by atoms with Gasteiger partial charge in [-0.1, -0.05) is 0 Å². The molecule has 0 atom stereocenters. The number of amides is 2. The fraction of sp³-hybridized carbons (Fsp3) is 0.125. The van der Waals surface area contributed by atoms with Crippen LogP contribution in [0, 0.1) is 5.41 Å². The maximum absolute atomic E-state index is 11.2. The van der Waals surface area contributed by atoms with Crippen molar-refractivity contribution < 1.29 is 4.79 Å². The largest absolute Gasteiger partial charge is 0.359 e. The monoisotopic (exact) mass is 193 g/mol. The maximum atomic E-state index is 11.2. The summed E-state index contributed by atoms with van der Waals surface area (Å²) in [5, 5.41) is 14.4. The standard InChI is InChI=1S/C8H11N5O/c1-10-7(9)13-8(14)12-6-2-4-11-5-3-6/h2-5H,1H3,(H4,9,10,11,12,13,14). The average molecular weight is 193 g/mol. The molecule has 0 saturated heterocycles. The van der Waals surface area contributed by atoms with Crippen LogP contribution >= 0.6 is 0 Å². The van der Waals surface area contributed by atoms with Crippen molar-refractivity contribution in [2.75, 3.05) is 12.4 Å². The van der Waals surface area contributed by atoms with Crippen LogP contribution < -0.4 is 16.0 Å². The molecule has 2 amide bonds. The topological polar surface area (TPSA) is 89.9 Å². The second-order valence-corrected chi connectivity index (χ2v) is 2.44. The molecule has 14 heavy (non-hydrogen) atoms. The molecule has 1 heterocycles. The Morgan fingerprint density at radius 1 is 1.43 bits per heavy atom. The number of aromatic nitrogens is 1. The molecule has 1 aromatic heterocycles. The highest BCUT2D eigenvalue weighted by Crippen LogP contribution is 2.01. The Kier molecular flexibility index (Phi) is 3.42. The SMILES string of the molecule is CNC(=N)NC(=O)Nc1ccncc1. The first-order chi connectivity index (χ1) is 6.72. The quantitative estimate of drug-likeness (QED) is 0.383. The van der Waals surface area contributed by atoms with E-state index in [0.717, 1.165) is 0 Å². The van der Waals surface area contributed by atoms with Crippen LogP contribution in [0.2, 0.25) is 0 Å². The van der Waals surface area contributed by atoms with E-state index >= 15 is 0 Å². The van der Waals surface area contributed by atoms with E-state index in [4.69, 9.17) is 5.41 Å². The molecule has 0 bridgehead atoms. The minimum Gasteiger partial charge on any atom is -0.359 e. The van der Waals surface area contributed by atoms with Crippen molar-refractivity contribution in [2.45, 2.75) is 0 Å². The van der Waals surface area contributed by atoms with Gasteiger partial charge in [0.15, 0.2) is 5.96 Å². The zero-order valence-electron chi connectivity index (χ0n) is 7.66. The molecule has 74 valence electrons. The summed E-state index contributed by atoms with van der Waals surface area (Å²) >= 11 is 0. The Morgan fingerprint density at radius 2 is 2.07 bits per heavy atom. The fourth-order valence-electron chi connectivity index (χ4n) is 0.774. The molecule has 0 aromatic carbocycles. The van der Waals surface area contributed by atoms with Crippen LogP contribution in [0.25, 0.3) is 0 Å². The summed E-state index contributed by atoms with van der Waals surface area (Å²) in [5.41, 5.74) is 0.626. The van der Waals surface area contributed by atoms with Gasteiger partial charge in [0, 0.05) is 25.1 Å². The molecule has 6 nitrogen and oxygen atoms in total. The third-order valence-corrected chi connectivity index (χ3v) is 1.43. The van der Waals surface area contributed by atoms with Crippen molar-refractivity contribution in [3.63, 3.8) is 0 Å². The lowest BCUT2D eigenvalue weighted by Gasteiger charge is -2.06. The number of hydrogen-bond acceptors (Lipinski definition) is 3. The molecule has 0 aliphatic rings. The van der Waals surface area contributed by atoms with Crippen LogP contribution in [-0.4, -0.2) is 24.0 Å². The molecule has 6 heteroatoms. The van der Waals surface area contributed by atoms with Crippen molar-refractivity contribution in [1.29, 1.82) is 5.41 Å². The van der Waals surface area contributed by atoms with E-state index in [9.17, 15) is 4.79 Å². The number of pyridine rings is 1. The second-order valence-electron chi connectivity index (χ2n) is 2.44. The number of carbonyl (C=O) groups is 1. The lowest BCUT2D eigenvalue weighted by Crippen LogP contribution is -2.40. The normalized spacial score (nSPS) is 8.93. The van der Waals surface area contributed by atoms with Crippen molar-refractivity contribution in [2.24, 2.45) is 0 Å². The zero-order chi connectivity index (χ0) is 10.4. The van der Waals surface area contributed by atoms with Gasteiger partial charge in [0.1, 0.15) is 0 Å². The second kappa shape index (κ2) is 4.80. The molecule has 1 aromatic rings. The summed E-state index contributed by atoms with van der Waals surface area (Å²) in [7, 11) is 1.55. The number of nitrogens with one attached hydrogen (secondary N) is 4. The van der Waals surface area contributed by atoms with Gasteiger partial charge < -0.3 is 10.6 Å². The molecule has 0 unspecified atom stereocenters. The minimum absolute atomic E-state index is 0.0587. The van der Waals surface area contributed by atoms with Crippen molar-refractivity contribution in [1.82, 2.24) is 15.6 Å². The van der Waals surface area contributed by atoms with Crippen LogP contribution in [0.1, 0.15) is 0 Å². The Hall–Kier alpha value is -2.11. The predicted molar refractivity (Wildman–Crippen MR) is 53.2 cm³/mol. The first-order valence-corrected chi connectivity index (χ1v) is 3.96. The van der Waals surface area contributed by atoms with Crippen LogP contribution in [0.4, 0.5) is 10.5 Å². The van der Waals surface area contributed by atoms with E-state index in [0.29, 0.717) is 5.69 Å². The number of anilines is 1. The Morgan fingerprint density at radius 3 is 2.64 bits per heavy atom. The number of carbonyl (C=O) groups excluding carboxylic acids is 1. The number of rotatable bonds is 1. The summed E-state index contributed by atoms with van der Waals surface area (Å²) in [6.07, 6.45) is 3.14. The summed E-state index contributed by atoms with van der Waals surface area (Å²) in [5.74, 6) is -0.0587. The van der Waals surface area contributed by atoms with Crippen LogP contribution in [0.5, 0.6) is 0 Å². The molecular formula is C8H11N5O. The zero-order valence-corrected chi connectivity index (χ0v) is 7.66. The van der Waals surface area contributed by atoms with Gasteiger partial charge in [0.2, 0.25) is 0 Å². The minimum atomic E-state index is -0.462. The van der Waals surface area contributed by atoms with Crippen LogP contribution in [0.15, 0.2) is 24.5 Å². The van der Waals surface area contributed by atoms with Crippen molar-refractivity contribution >= 4 is 17.7 Å². The van der Waals surface area contributed by atoms with Crippen molar-refractivity contribution in [3.05, 3.63) is 24.5 Å². The molecule has 1 rings (SSSR count). The van der Waals surface area contributed by atoms with Gasteiger partial charge in [-0.2, -0.15) is 0 Å². The van der Waals surface area contributed by atoms with Gasteiger partial charge in [-0.05, 0) is 12.1 Å². The highest BCUT2D eigenvalue weighted by Gasteiger charge is 2.01. The molecule has 0 aliphatic heterocycles. The van der Waals surface area contributed by atoms with Gasteiger partial charge in [-0.3, -0.25) is 15.7 Å². The number of guanidine groups is 1. The summed E-state index contributed by atoms with van der Waals surface area (Å²) in [6.45, 7) is 0. The number of nitrogens with zero attached hydrogens (tertiary/aromatic N) is 1.